The number of carboxylic acid groups (broad SMARTS) is 1. The van der Waals surface area contributed by atoms with Gasteiger partial charge in [-0.25, -0.2) is 13.2 Å². The Balaban J connectivity index is 2.60. The molecule has 0 aromatic rings. The highest BCUT2D eigenvalue weighted by molar-refractivity contribution is 7.91. The lowest BCUT2D eigenvalue weighted by Gasteiger charge is -2.15. The van der Waals surface area contributed by atoms with Crippen LogP contribution in [0.3, 0.4) is 0 Å². The van der Waals surface area contributed by atoms with Crippen LogP contribution in [0, 0.1) is 5.92 Å². The van der Waals surface area contributed by atoms with Crippen molar-refractivity contribution in [1.82, 2.24) is 5.32 Å². The Hall–Kier alpha value is -1.11. The second kappa shape index (κ2) is 6.17. The lowest BCUT2D eigenvalue weighted by atomic mass is 10.1. The monoisotopic (exact) mass is 277 g/mol. The Morgan fingerprint density at radius 3 is 2.33 bits per heavy atom. The Morgan fingerprint density at radius 1 is 1.33 bits per heavy atom. The molecule has 1 atom stereocenters. The Morgan fingerprint density at radius 2 is 1.89 bits per heavy atom. The third kappa shape index (κ3) is 5.03. The van der Waals surface area contributed by atoms with Gasteiger partial charge in [-0.1, -0.05) is 12.8 Å². The molecule has 0 bridgehead atoms. The maximum atomic E-state index is 11.9. The van der Waals surface area contributed by atoms with Gasteiger partial charge >= 0.3 is 5.97 Å². The lowest BCUT2D eigenvalue weighted by Crippen LogP contribution is -2.45. The molecule has 1 rings (SSSR count). The molecule has 0 aromatic heterocycles. The van der Waals surface area contributed by atoms with Gasteiger partial charge in [0.2, 0.25) is 5.91 Å². The van der Waals surface area contributed by atoms with Crippen molar-refractivity contribution in [3.63, 3.8) is 0 Å². The van der Waals surface area contributed by atoms with Crippen LogP contribution < -0.4 is 5.32 Å². The number of carboxylic acids is 1. The van der Waals surface area contributed by atoms with Crippen LogP contribution in [-0.4, -0.2) is 42.9 Å². The Kier molecular flexibility index (Phi) is 5.13. The first-order valence-corrected chi connectivity index (χ1v) is 7.82. The number of carbonyl (C=O) groups is 2. The summed E-state index contributed by atoms with van der Waals surface area (Å²) in [7, 11) is -3.45. The summed E-state index contributed by atoms with van der Waals surface area (Å²) >= 11 is 0. The molecule has 0 saturated heterocycles. The highest BCUT2D eigenvalue weighted by Crippen LogP contribution is 2.26. The molecule has 6 nitrogen and oxygen atoms in total. The van der Waals surface area contributed by atoms with Gasteiger partial charge in [0.25, 0.3) is 0 Å². The zero-order valence-electron chi connectivity index (χ0n) is 10.4. The maximum absolute atomic E-state index is 11.9. The first kappa shape index (κ1) is 14.9. The fourth-order valence-electron chi connectivity index (χ4n) is 2.28. The molecule has 1 fully saturated rings. The molecule has 104 valence electrons. The average Bonchev–Trinajstić information content (AvgIpc) is 2.67. The number of rotatable bonds is 6. The molecule has 0 spiro atoms. The van der Waals surface area contributed by atoms with Gasteiger partial charge in [0, 0.05) is 6.92 Å². The summed E-state index contributed by atoms with van der Waals surface area (Å²) in [5.41, 5.74) is 0. The zero-order valence-corrected chi connectivity index (χ0v) is 11.2. The van der Waals surface area contributed by atoms with Crippen LogP contribution in [0.4, 0.5) is 0 Å². The molecule has 1 aliphatic rings. The number of hydrogen-bond acceptors (Lipinski definition) is 4. The molecular weight excluding hydrogens is 258 g/mol. The quantitative estimate of drug-likeness (QED) is 0.721. The molecular formula is C11H19NO5S. The number of aliphatic carboxylic acids is 1. The predicted molar refractivity (Wildman–Crippen MR) is 65.9 cm³/mol. The van der Waals surface area contributed by atoms with Crippen molar-refractivity contribution in [2.45, 2.75) is 38.6 Å². The predicted octanol–water partition coefficient (Wildman–Crippen LogP) is 0.181. The highest BCUT2D eigenvalue weighted by atomic mass is 32.2. The van der Waals surface area contributed by atoms with Crippen LogP contribution in [0.2, 0.25) is 0 Å². The molecule has 1 amide bonds. The minimum Gasteiger partial charge on any atom is -0.480 e. The van der Waals surface area contributed by atoms with Gasteiger partial charge in [0.15, 0.2) is 9.84 Å². The number of sulfone groups is 1. The molecule has 1 saturated carbocycles. The second-order valence-corrected chi connectivity index (χ2v) is 6.97. The van der Waals surface area contributed by atoms with Crippen molar-refractivity contribution in [2.75, 3.05) is 11.5 Å². The van der Waals surface area contributed by atoms with Gasteiger partial charge in [0.05, 0.1) is 11.5 Å². The Labute approximate surface area is 107 Å². The molecule has 2 N–H and O–H groups in total. The maximum Gasteiger partial charge on any atom is 0.327 e. The standard InChI is InChI=1S/C11H19NO5S/c1-8(13)12-10(11(14)15)7-18(16,17)6-9-4-2-3-5-9/h9-10H,2-7H2,1H3,(H,12,13)(H,14,15). The third-order valence-electron chi connectivity index (χ3n) is 3.06. The Bertz CT molecular complexity index is 411. The van der Waals surface area contributed by atoms with Crippen LogP contribution in [0.5, 0.6) is 0 Å². The summed E-state index contributed by atoms with van der Waals surface area (Å²) in [4.78, 5) is 21.7. The molecule has 18 heavy (non-hydrogen) atoms. The lowest BCUT2D eigenvalue weighted by molar-refractivity contribution is -0.140. The fraction of sp³-hybridized carbons (Fsp3) is 0.818. The zero-order chi connectivity index (χ0) is 13.8. The van der Waals surface area contributed by atoms with Gasteiger partial charge < -0.3 is 10.4 Å². The largest absolute Gasteiger partial charge is 0.480 e. The number of carbonyl (C=O) groups excluding carboxylic acids is 1. The highest BCUT2D eigenvalue weighted by Gasteiger charge is 2.29. The van der Waals surface area contributed by atoms with Crippen molar-refractivity contribution in [1.29, 1.82) is 0 Å². The number of hydrogen-bond donors (Lipinski definition) is 2. The van der Waals surface area contributed by atoms with Crippen LogP contribution in [-0.2, 0) is 19.4 Å². The molecule has 0 radical (unpaired) electrons. The molecule has 7 heteroatoms. The van der Waals surface area contributed by atoms with Gasteiger partial charge in [-0.2, -0.15) is 0 Å². The number of amides is 1. The van der Waals surface area contributed by atoms with Crippen molar-refractivity contribution in [3.8, 4) is 0 Å². The van der Waals surface area contributed by atoms with E-state index in [1.807, 2.05) is 0 Å². The summed E-state index contributed by atoms with van der Waals surface area (Å²) < 4.78 is 23.7. The van der Waals surface area contributed by atoms with E-state index < -0.39 is 33.5 Å². The van der Waals surface area contributed by atoms with Gasteiger partial charge in [-0.3, -0.25) is 4.79 Å². The van der Waals surface area contributed by atoms with E-state index in [1.165, 1.54) is 6.92 Å². The van der Waals surface area contributed by atoms with Gasteiger partial charge in [-0.05, 0) is 18.8 Å². The molecule has 1 unspecified atom stereocenters. The normalized spacial score (nSPS) is 18.5. The first-order valence-electron chi connectivity index (χ1n) is 6.00. The van der Waals surface area contributed by atoms with Crippen LogP contribution in [0.1, 0.15) is 32.6 Å². The average molecular weight is 277 g/mol. The van der Waals surface area contributed by atoms with Crippen LogP contribution in [0.15, 0.2) is 0 Å². The van der Waals surface area contributed by atoms with Crippen molar-refractivity contribution in [2.24, 2.45) is 5.92 Å². The van der Waals surface area contributed by atoms with E-state index in [0.29, 0.717) is 0 Å². The van der Waals surface area contributed by atoms with E-state index in [4.69, 9.17) is 5.11 Å². The smallest absolute Gasteiger partial charge is 0.327 e. The summed E-state index contributed by atoms with van der Waals surface area (Å²) in [5, 5.41) is 11.0. The summed E-state index contributed by atoms with van der Waals surface area (Å²) in [5.74, 6) is -2.23. The first-order chi connectivity index (χ1) is 8.30. The molecule has 0 aliphatic heterocycles. The van der Waals surface area contributed by atoms with E-state index in [9.17, 15) is 18.0 Å². The van der Waals surface area contributed by atoms with Crippen LogP contribution >= 0.6 is 0 Å². The second-order valence-electron chi connectivity index (χ2n) is 4.82. The summed E-state index contributed by atoms with van der Waals surface area (Å²) in [6, 6.07) is -1.35. The third-order valence-corrected chi connectivity index (χ3v) is 4.88. The van der Waals surface area contributed by atoms with Gasteiger partial charge in [0.1, 0.15) is 6.04 Å². The van der Waals surface area contributed by atoms with E-state index in [2.05, 4.69) is 5.32 Å². The van der Waals surface area contributed by atoms with E-state index in [-0.39, 0.29) is 11.7 Å². The van der Waals surface area contributed by atoms with Gasteiger partial charge in [-0.15, -0.1) is 0 Å². The van der Waals surface area contributed by atoms with E-state index in [1.54, 1.807) is 0 Å². The molecule has 0 heterocycles. The summed E-state index contributed by atoms with van der Waals surface area (Å²) in [6.07, 6.45) is 3.84. The van der Waals surface area contributed by atoms with E-state index in [0.717, 1.165) is 25.7 Å². The van der Waals surface area contributed by atoms with Crippen molar-refractivity contribution < 1.29 is 23.1 Å². The topological polar surface area (TPSA) is 101 Å². The fourth-order valence-corrected chi connectivity index (χ4v) is 4.20. The van der Waals surface area contributed by atoms with Crippen molar-refractivity contribution in [3.05, 3.63) is 0 Å². The SMILES string of the molecule is CC(=O)NC(CS(=O)(=O)CC1CCCC1)C(=O)O. The summed E-state index contributed by atoms with van der Waals surface area (Å²) in [6.45, 7) is 1.17. The minimum atomic E-state index is -3.45. The van der Waals surface area contributed by atoms with Crippen molar-refractivity contribution >= 4 is 21.7 Å². The number of nitrogens with one attached hydrogen (secondary N) is 1. The van der Waals surface area contributed by atoms with E-state index >= 15 is 0 Å². The minimum absolute atomic E-state index is 0.0242. The van der Waals surface area contributed by atoms with Crippen LogP contribution in [0.25, 0.3) is 0 Å². The molecule has 1 aliphatic carbocycles. The molecule has 0 aromatic carbocycles.